The van der Waals surface area contributed by atoms with E-state index in [1.165, 1.54) is 5.56 Å². The number of alkyl halides is 1. The number of hydrogen-bond donors (Lipinski definition) is 1. The van der Waals surface area contributed by atoms with Crippen LogP contribution in [0, 0.1) is 6.92 Å². The van der Waals surface area contributed by atoms with Crippen molar-refractivity contribution in [2.45, 2.75) is 31.7 Å². The third-order valence-corrected chi connectivity index (χ3v) is 4.63. The molecule has 1 aliphatic rings. The first-order valence-electron chi connectivity index (χ1n) is 6.64. The van der Waals surface area contributed by atoms with E-state index in [2.05, 4.69) is 27.3 Å². The fourth-order valence-electron chi connectivity index (χ4n) is 2.40. The number of ether oxygens (including phenoxy) is 1. The van der Waals surface area contributed by atoms with E-state index in [1.807, 2.05) is 25.1 Å². The standard InChI is InChI=1S/C15H20BrNO2/c1-12-3-2-4-13(9-12)10-14(18)17-15(11-16)5-7-19-8-6-15/h2-4,9H,5-8,10-11H2,1H3,(H,17,18). The molecule has 1 heterocycles. The van der Waals surface area contributed by atoms with E-state index >= 15 is 0 Å². The predicted molar refractivity (Wildman–Crippen MR) is 79.6 cm³/mol. The van der Waals surface area contributed by atoms with E-state index in [9.17, 15) is 4.79 Å². The van der Waals surface area contributed by atoms with Gasteiger partial charge in [-0.05, 0) is 25.3 Å². The van der Waals surface area contributed by atoms with Gasteiger partial charge in [-0.2, -0.15) is 0 Å². The first-order valence-corrected chi connectivity index (χ1v) is 7.76. The van der Waals surface area contributed by atoms with Gasteiger partial charge in [0.2, 0.25) is 5.91 Å². The van der Waals surface area contributed by atoms with Gasteiger partial charge in [0.05, 0.1) is 12.0 Å². The van der Waals surface area contributed by atoms with Gasteiger partial charge in [0.25, 0.3) is 0 Å². The number of carbonyl (C=O) groups is 1. The van der Waals surface area contributed by atoms with Crippen molar-refractivity contribution in [3.8, 4) is 0 Å². The molecule has 0 atom stereocenters. The molecule has 0 saturated carbocycles. The summed E-state index contributed by atoms with van der Waals surface area (Å²) < 4.78 is 5.37. The maximum absolute atomic E-state index is 12.2. The Morgan fingerprint density at radius 3 is 2.79 bits per heavy atom. The lowest BCUT2D eigenvalue weighted by Gasteiger charge is -2.36. The van der Waals surface area contributed by atoms with Crippen LogP contribution in [-0.2, 0) is 16.0 Å². The third-order valence-electron chi connectivity index (χ3n) is 3.56. The number of nitrogens with one attached hydrogen (secondary N) is 1. The second-order valence-corrected chi connectivity index (χ2v) is 5.80. The highest BCUT2D eigenvalue weighted by Gasteiger charge is 2.32. The zero-order valence-electron chi connectivity index (χ0n) is 11.2. The normalized spacial score (nSPS) is 18.0. The Balaban J connectivity index is 1.96. The molecule has 0 bridgehead atoms. The first-order chi connectivity index (χ1) is 9.13. The summed E-state index contributed by atoms with van der Waals surface area (Å²) in [4.78, 5) is 12.2. The Bertz CT molecular complexity index is 442. The summed E-state index contributed by atoms with van der Waals surface area (Å²) in [6.07, 6.45) is 2.19. The summed E-state index contributed by atoms with van der Waals surface area (Å²) in [6.45, 7) is 3.48. The van der Waals surface area contributed by atoms with Crippen LogP contribution < -0.4 is 5.32 Å². The third kappa shape index (κ3) is 4.05. The lowest BCUT2D eigenvalue weighted by Crippen LogP contribution is -2.53. The Morgan fingerprint density at radius 2 is 2.16 bits per heavy atom. The molecule has 1 aliphatic heterocycles. The molecule has 0 radical (unpaired) electrons. The van der Waals surface area contributed by atoms with E-state index in [1.54, 1.807) is 0 Å². The van der Waals surface area contributed by atoms with Crippen molar-refractivity contribution >= 4 is 21.8 Å². The summed E-state index contributed by atoms with van der Waals surface area (Å²) >= 11 is 3.52. The number of carbonyl (C=O) groups excluding carboxylic acids is 1. The molecule has 1 fully saturated rings. The molecule has 1 saturated heterocycles. The molecule has 1 N–H and O–H groups in total. The van der Waals surface area contributed by atoms with E-state index in [4.69, 9.17) is 4.74 Å². The molecule has 0 aromatic heterocycles. The van der Waals surface area contributed by atoms with Gasteiger partial charge in [-0.15, -0.1) is 0 Å². The minimum atomic E-state index is -0.140. The van der Waals surface area contributed by atoms with Crippen molar-refractivity contribution < 1.29 is 9.53 Å². The van der Waals surface area contributed by atoms with Crippen molar-refractivity contribution in [3.63, 3.8) is 0 Å². The Labute approximate surface area is 122 Å². The number of halogens is 1. The number of amides is 1. The Hall–Kier alpha value is -0.870. The number of aryl methyl sites for hydroxylation is 1. The second-order valence-electron chi connectivity index (χ2n) is 5.24. The zero-order valence-corrected chi connectivity index (χ0v) is 12.8. The number of hydrogen-bond acceptors (Lipinski definition) is 2. The maximum Gasteiger partial charge on any atom is 0.224 e. The Morgan fingerprint density at radius 1 is 1.42 bits per heavy atom. The Kier molecular flexibility index (Phi) is 4.99. The lowest BCUT2D eigenvalue weighted by molar-refractivity contribution is -0.123. The van der Waals surface area contributed by atoms with Crippen LogP contribution in [-0.4, -0.2) is 30.0 Å². The van der Waals surface area contributed by atoms with Crippen LogP contribution in [0.1, 0.15) is 24.0 Å². The summed E-state index contributed by atoms with van der Waals surface area (Å²) in [5.41, 5.74) is 2.11. The van der Waals surface area contributed by atoms with E-state index in [0.29, 0.717) is 6.42 Å². The van der Waals surface area contributed by atoms with Crippen LogP contribution in [0.2, 0.25) is 0 Å². The fraction of sp³-hybridized carbons (Fsp3) is 0.533. The largest absolute Gasteiger partial charge is 0.381 e. The second kappa shape index (κ2) is 6.53. The average Bonchev–Trinajstić information content (AvgIpc) is 2.39. The van der Waals surface area contributed by atoms with Gasteiger partial charge in [0, 0.05) is 18.5 Å². The average molecular weight is 326 g/mol. The molecule has 0 aliphatic carbocycles. The van der Waals surface area contributed by atoms with Gasteiger partial charge in [0.1, 0.15) is 0 Å². The molecule has 1 amide bonds. The zero-order chi connectivity index (χ0) is 13.7. The smallest absolute Gasteiger partial charge is 0.224 e. The molecule has 0 unspecified atom stereocenters. The van der Waals surface area contributed by atoms with Crippen molar-refractivity contribution in [2.24, 2.45) is 0 Å². The molecule has 2 rings (SSSR count). The maximum atomic E-state index is 12.2. The SMILES string of the molecule is Cc1cccc(CC(=O)NC2(CBr)CCOCC2)c1. The van der Waals surface area contributed by atoms with Gasteiger partial charge in [-0.25, -0.2) is 0 Å². The van der Waals surface area contributed by atoms with Crippen molar-refractivity contribution in [1.82, 2.24) is 5.32 Å². The molecule has 1 aromatic carbocycles. The van der Waals surface area contributed by atoms with Crippen LogP contribution in [0.25, 0.3) is 0 Å². The van der Waals surface area contributed by atoms with Gasteiger partial charge in [0.15, 0.2) is 0 Å². The van der Waals surface area contributed by atoms with E-state index in [-0.39, 0.29) is 11.4 Å². The molecular weight excluding hydrogens is 306 g/mol. The van der Waals surface area contributed by atoms with Crippen molar-refractivity contribution in [3.05, 3.63) is 35.4 Å². The van der Waals surface area contributed by atoms with E-state index in [0.717, 1.165) is 36.9 Å². The highest BCUT2D eigenvalue weighted by atomic mass is 79.9. The summed E-state index contributed by atoms with van der Waals surface area (Å²) in [7, 11) is 0. The highest BCUT2D eigenvalue weighted by molar-refractivity contribution is 9.09. The first kappa shape index (κ1) is 14.5. The molecule has 0 spiro atoms. The van der Waals surface area contributed by atoms with Crippen LogP contribution in [0.5, 0.6) is 0 Å². The van der Waals surface area contributed by atoms with Crippen LogP contribution in [0.15, 0.2) is 24.3 Å². The number of benzene rings is 1. The molecule has 104 valence electrons. The highest BCUT2D eigenvalue weighted by Crippen LogP contribution is 2.23. The van der Waals surface area contributed by atoms with Gasteiger partial charge < -0.3 is 10.1 Å². The van der Waals surface area contributed by atoms with E-state index < -0.39 is 0 Å². The van der Waals surface area contributed by atoms with Crippen LogP contribution >= 0.6 is 15.9 Å². The quantitative estimate of drug-likeness (QED) is 0.864. The lowest BCUT2D eigenvalue weighted by atomic mass is 9.92. The van der Waals surface area contributed by atoms with Gasteiger partial charge >= 0.3 is 0 Å². The molecule has 3 nitrogen and oxygen atoms in total. The molecule has 1 aromatic rings. The fourth-order valence-corrected chi connectivity index (χ4v) is 3.10. The summed E-state index contributed by atoms with van der Waals surface area (Å²) in [5, 5.41) is 3.96. The monoisotopic (exact) mass is 325 g/mol. The summed E-state index contributed by atoms with van der Waals surface area (Å²) in [6, 6.07) is 8.09. The van der Waals surface area contributed by atoms with Crippen LogP contribution in [0.3, 0.4) is 0 Å². The minimum absolute atomic E-state index is 0.0898. The van der Waals surface area contributed by atoms with Crippen molar-refractivity contribution in [1.29, 1.82) is 0 Å². The minimum Gasteiger partial charge on any atom is -0.381 e. The number of rotatable bonds is 4. The predicted octanol–water partition coefficient (Wildman–Crippen LogP) is 2.60. The topological polar surface area (TPSA) is 38.3 Å². The molecular formula is C15H20BrNO2. The molecule has 4 heteroatoms. The molecule has 19 heavy (non-hydrogen) atoms. The van der Waals surface area contributed by atoms with Gasteiger partial charge in [-0.1, -0.05) is 45.8 Å². The van der Waals surface area contributed by atoms with Crippen molar-refractivity contribution in [2.75, 3.05) is 18.5 Å². The van der Waals surface area contributed by atoms with Gasteiger partial charge in [-0.3, -0.25) is 4.79 Å². The van der Waals surface area contributed by atoms with Crippen LogP contribution in [0.4, 0.5) is 0 Å². The summed E-state index contributed by atoms with van der Waals surface area (Å²) in [5.74, 6) is 0.0898.